The van der Waals surface area contributed by atoms with E-state index in [1.54, 1.807) is 6.20 Å². The summed E-state index contributed by atoms with van der Waals surface area (Å²) in [6.07, 6.45) is 7.38. The topological polar surface area (TPSA) is 71.5 Å². The van der Waals surface area contributed by atoms with Gasteiger partial charge >= 0.3 is 0 Å². The SMILES string of the molecule is O=C(NCc1ccnc(OC2CCC2)c1)C1CCCC1O. The van der Waals surface area contributed by atoms with Crippen LogP contribution in [0.2, 0.25) is 0 Å². The van der Waals surface area contributed by atoms with E-state index < -0.39 is 6.10 Å². The summed E-state index contributed by atoms with van der Waals surface area (Å²) >= 11 is 0. The largest absolute Gasteiger partial charge is 0.474 e. The molecule has 1 aromatic heterocycles. The number of rotatable bonds is 5. The Morgan fingerprint density at radius 3 is 2.81 bits per heavy atom. The van der Waals surface area contributed by atoms with E-state index >= 15 is 0 Å². The second-order valence-electron chi connectivity index (χ2n) is 6.00. The molecule has 5 heteroatoms. The number of hydrogen-bond acceptors (Lipinski definition) is 4. The molecule has 114 valence electrons. The molecular weight excluding hydrogens is 268 g/mol. The third kappa shape index (κ3) is 3.53. The van der Waals surface area contributed by atoms with Gasteiger partial charge in [-0.1, -0.05) is 0 Å². The normalized spacial score (nSPS) is 25.4. The fourth-order valence-electron chi connectivity index (χ4n) is 2.85. The number of pyridine rings is 1. The van der Waals surface area contributed by atoms with Crippen molar-refractivity contribution in [2.75, 3.05) is 0 Å². The Kier molecular flexibility index (Phi) is 4.39. The van der Waals surface area contributed by atoms with E-state index in [9.17, 15) is 9.90 Å². The van der Waals surface area contributed by atoms with Gasteiger partial charge in [-0.15, -0.1) is 0 Å². The summed E-state index contributed by atoms with van der Waals surface area (Å²) in [5.41, 5.74) is 0.972. The first-order valence-corrected chi connectivity index (χ1v) is 7.80. The number of ether oxygens (including phenoxy) is 1. The molecule has 0 aliphatic heterocycles. The first-order valence-electron chi connectivity index (χ1n) is 7.80. The van der Waals surface area contributed by atoms with Crippen LogP contribution in [-0.4, -0.2) is 28.2 Å². The lowest BCUT2D eigenvalue weighted by molar-refractivity contribution is -0.127. The molecule has 21 heavy (non-hydrogen) atoms. The van der Waals surface area contributed by atoms with Crippen LogP contribution in [0.15, 0.2) is 18.3 Å². The van der Waals surface area contributed by atoms with Crippen molar-refractivity contribution in [1.82, 2.24) is 10.3 Å². The third-order valence-corrected chi connectivity index (χ3v) is 4.42. The summed E-state index contributed by atoms with van der Waals surface area (Å²) in [6.45, 7) is 0.450. The summed E-state index contributed by atoms with van der Waals surface area (Å²) in [5, 5.41) is 12.6. The van der Waals surface area contributed by atoms with Crippen LogP contribution >= 0.6 is 0 Å². The molecular formula is C16H22N2O3. The van der Waals surface area contributed by atoms with Gasteiger partial charge < -0.3 is 15.2 Å². The average Bonchev–Trinajstić information content (AvgIpc) is 2.87. The molecule has 0 bridgehead atoms. The summed E-state index contributed by atoms with van der Waals surface area (Å²) in [5.74, 6) is 0.322. The number of carbonyl (C=O) groups excluding carboxylic acids is 1. The molecule has 5 nitrogen and oxygen atoms in total. The minimum atomic E-state index is -0.486. The van der Waals surface area contributed by atoms with Crippen LogP contribution in [0.5, 0.6) is 5.88 Å². The molecule has 0 spiro atoms. The highest BCUT2D eigenvalue weighted by molar-refractivity contribution is 5.79. The second-order valence-corrected chi connectivity index (χ2v) is 6.00. The Morgan fingerprint density at radius 2 is 2.14 bits per heavy atom. The first-order chi connectivity index (χ1) is 10.2. The van der Waals surface area contributed by atoms with Crippen LogP contribution in [0.25, 0.3) is 0 Å². The van der Waals surface area contributed by atoms with Crippen LogP contribution in [0.4, 0.5) is 0 Å². The molecule has 1 heterocycles. The minimum absolute atomic E-state index is 0.0572. The molecule has 3 rings (SSSR count). The van der Waals surface area contributed by atoms with Crippen LogP contribution in [0.1, 0.15) is 44.1 Å². The van der Waals surface area contributed by atoms with Crippen molar-refractivity contribution in [2.45, 2.75) is 57.3 Å². The lowest BCUT2D eigenvalue weighted by Crippen LogP contribution is -2.34. The van der Waals surface area contributed by atoms with Crippen LogP contribution in [-0.2, 0) is 11.3 Å². The van der Waals surface area contributed by atoms with Gasteiger partial charge in [0.05, 0.1) is 12.0 Å². The van der Waals surface area contributed by atoms with Gasteiger partial charge in [0.15, 0.2) is 0 Å². The Labute approximate surface area is 124 Å². The Balaban J connectivity index is 1.52. The molecule has 0 saturated heterocycles. The number of amides is 1. The molecule has 2 saturated carbocycles. The van der Waals surface area contributed by atoms with Gasteiger partial charge in [-0.25, -0.2) is 4.98 Å². The first kappa shape index (κ1) is 14.3. The van der Waals surface area contributed by atoms with Gasteiger partial charge in [-0.3, -0.25) is 4.79 Å². The number of nitrogens with one attached hydrogen (secondary N) is 1. The van der Waals surface area contributed by atoms with Crippen LogP contribution < -0.4 is 10.1 Å². The van der Waals surface area contributed by atoms with Gasteiger partial charge in [0.2, 0.25) is 11.8 Å². The van der Waals surface area contributed by atoms with E-state index in [2.05, 4.69) is 10.3 Å². The van der Waals surface area contributed by atoms with Crippen molar-refractivity contribution in [3.8, 4) is 5.88 Å². The van der Waals surface area contributed by atoms with Crippen molar-refractivity contribution < 1.29 is 14.6 Å². The van der Waals surface area contributed by atoms with Crippen molar-refractivity contribution in [1.29, 1.82) is 0 Å². The number of aliphatic hydroxyl groups is 1. The van der Waals surface area contributed by atoms with Crippen molar-refractivity contribution in [3.05, 3.63) is 23.9 Å². The molecule has 2 aliphatic carbocycles. The number of nitrogens with zero attached hydrogens (tertiary/aromatic N) is 1. The highest BCUT2D eigenvalue weighted by Crippen LogP contribution is 2.26. The number of carbonyl (C=O) groups is 1. The summed E-state index contributed by atoms with van der Waals surface area (Å²) in [6, 6.07) is 3.75. The van der Waals surface area contributed by atoms with E-state index in [1.807, 2.05) is 12.1 Å². The average molecular weight is 290 g/mol. The summed E-state index contributed by atoms with van der Waals surface area (Å²) < 4.78 is 5.75. The number of aliphatic hydroxyl groups excluding tert-OH is 1. The van der Waals surface area contributed by atoms with Gasteiger partial charge in [0.25, 0.3) is 0 Å². The molecule has 2 N–H and O–H groups in total. The van der Waals surface area contributed by atoms with Gasteiger partial charge in [0.1, 0.15) is 6.10 Å². The Hall–Kier alpha value is -1.62. The van der Waals surface area contributed by atoms with Crippen molar-refractivity contribution in [3.63, 3.8) is 0 Å². The van der Waals surface area contributed by atoms with Crippen molar-refractivity contribution in [2.24, 2.45) is 5.92 Å². The number of aromatic nitrogens is 1. The van der Waals surface area contributed by atoms with E-state index in [-0.39, 0.29) is 11.8 Å². The predicted octanol–water partition coefficient (Wildman–Crippen LogP) is 1.79. The minimum Gasteiger partial charge on any atom is -0.474 e. The van der Waals surface area contributed by atoms with Crippen LogP contribution in [0, 0.1) is 5.92 Å². The maximum atomic E-state index is 12.0. The molecule has 2 fully saturated rings. The lowest BCUT2D eigenvalue weighted by Gasteiger charge is -2.25. The summed E-state index contributed by atoms with van der Waals surface area (Å²) in [4.78, 5) is 16.2. The molecule has 0 aromatic carbocycles. The van der Waals surface area contributed by atoms with E-state index in [4.69, 9.17) is 4.74 Å². The molecule has 2 atom stereocenters. The molecule has 0 radical (unpaired) electrons. The molecule has 2 unspecified atom stereocenters. The molecule has 1 aromatic rings. The second kappa shape index (κ2) is 6.43. The monoisotopic (exact) mass is 290 g/mol. The quantitative estimate of drug-likeness (QED) is 0.867. The number of hydrogen-bond donors (Lipinski definition) is 2. The lowest BCUT2D eigenvalue weighted by atomic mass is 9.96. The van der Waals surface area contributed by atoms with Gasteiger partial charge in [-0.05, 0) is 50.2 Å². The van der Waals surface area contributed by atoms with Crippen molar-refractivity contribution >= 4 is 5.91 Å². The standard InChI is InChI=1S/C16H22N2O3/c19-14-6-2-5-13(14)16(20)18-10-11-7-8-17-15(9-11)21-12-3-1-4-12/h7-9,12-14,19H,1-6,10H2,(H,18,20). The maximum absolute atomic E-state index is 12.0. The fourth-order valence-corrected chi connectivity index (χ4v) is 2.85. The molecule has 2 aliphatic rings. The fraction of sp³-hybridized carbons (Fsp3) is 0.625. The highest BCUT2D eigenvalue weighted by atomic mass is 16.5. The highest BCUT2D eigenvalue weighted by Gasteiger charge is 2.31. The van der Waals surface area contributed by atoms with E-state index in [0.717, 1.165) is 37.7 Å². The predicted molar refractivity (Wildman–Crippen MR) is 77.7 cm³/mol. The Bertz CT molecular complexity index is 502. The van der Waals surface area contributed by atoms with E-state index in [1.165, 1.54) is 6.42 Å². The van der Waals surface area contributed by atoms with Gasteiger partial charge in [-0.2, -0.15) is 0 Å². The zero-order valence-corrected chi connectivity index (χ0v) is 12.1. The van der Waals surface area contributed by atoms with Gasteiger partial charge in [0, 0.05) is 18.8 Å². The zero-order chi connectivity index (χ0) is 14.7. The van der Waals surface area contributed by atoms with Crippen LogP contribution in [0.3, 0.4) is 0 Å². The van der Waals surface area contributed by atoms with E-state index in [0.29, 0.717) is 18.5 Å². The third-order valence-electron chi connectivity index (χ3n) is 4.42. The zero-order valence-electron chi connectivity index (χ0n) is 12.1. The smallest absolute Gasteiger partial charge is 0.225 e. The summed E-state index contributed by atoms with van der Waals surface area (Å²) in [7, 11) is 0. The Morgan fingerprint density at radius 1 is 1.33 bits per heavy atom. The molecule has 1 amide bonds. The maximum Gasteiger partial charge on any atom is 0.225 e.